The molecule has 1 aliphatic rings. The number of nitrogens with one attached hydrogen (secondary N) is 1. The Kier molecular flexibility index (Phi) is 6.05. The van der Waals surface area contributed by atoms with E-state index in [0.29, 0.717) is 0 Å². The third kappa shape index (κ3) is 4.58. The van der Waals surface area contributed by atoms with Crippen LogP contribution in [-0.2, 0) is 9.59 Å². The quantitative estimate of drug-likeness (QED) is 0.793. The SMILES string of the molecule is Cc1ccc(N(CC(=O)N2c3ccccc3NC(=O)CC2C(F)(F)F)C(C)C)cc1. The van der Waals surface area contributed by atoms with Gasteiger partial charge in [-0.3, -0.25) is 14.5 Å². The van der Waals surface area contributed by atoms with Gasteiger partial charge >= 0.3 is 6.18 Å². The Morgan fingerprint density at radius 2 is 1.80 bits per heavy atom. The van der Waals surface area contributed by atoms with Crippen LogP contribution >= 0.6 is 0 Å². The van der Waals surface area contributed by atoms with Crippen LogP contribution in [0.2, 0.25) is 0 Å². The van der Waals surface area contributed by atoms with Gasteiger partial charge in [-0.1, -0.05) is 29.8 Å². The van der Waals surface area contributed by atoms with Gasteiger partial charge in [0, 0.05) is 11.7 Å². The molecule has 0 saturated carbocycles. The van der Waals surface area contributed by atoms with E-state index >= 15 is 0 Å². The number of carbonyl (C=O) groups is 2. The minimum absolute atomic E-state index is 0.0447. The molecule has 1 unspecified atom stereocenters. The summed E-state index contributed by atoms with van der Waals surface area (Å²) in [6.45, 7) is 5.42. The Labute approximate surface area is 173 Å². The first-order chi connectivity index (χ1) is 14.1. The summed E-state index contributed by atoms with van der Waals surface area (Å²) in [5, 5.41) is 2.48. The standard InChI is InChI=1S/C22H24F3N3O2/c1-14(2)27(16-10-8-15(3)9-11-16)13-21(30)28-18-7-5-4-6-17(18)26-20(29)12-19(28)22(23,24)25/h4-11,14,19H,12-13H2,1-3H3,(H,26,29). The van der Waals surface area contributed by atoms with Crippen molar-refractivity contribution in [1.29, 1.82) is 0 Å². The highest BCUT2D eigenvalue weighted by Gasteiger charge is 2.49. The van der Waals surface area contributed by atoms with E-state index in [9.17, 15) is 22.8 Å². The van der Waals surface area contributed by atoms with Crippen molar-refractivity contribution in [3.8, 4) is 0 Å². The van der Waals surface area contributed by atoms with Crippen LogP contribution < -0.4 is 15.1 Å². The molecular formula is C22H24F3N3O2. The molecule has 2 amide bonds. The fourth-order valence-electron chi connectivity index (χ4n) is 3.53. The number of aryl methyl sites for hydroxylation is 1. The Balaban J connectivity index is 2.01. The van der Waals surface area contributed by atoms with Crippen molar-refractivity contribution in [3.05, 3.63) is 54.1 Å². The molecular weight excluding hydrogens is 395 g/mol. The molecule has 2 aromatic carbocycles. The predicted molar refractivity (Wildman–Crippen MR) is 111 cm³/mol. The second kappa shape index (κ2) is 8.38. The van der Waals surface area contributed by atoms with Crippen molar-refractivity contribution in [2.45, 2.75) is 45.5 Å². The Hall–Kier alpha value is -3.03. The van der Waals surface area contributed by atoms with Crippen LogP contribution in [0.25, 0.3) is 0 Å². The van der Waals surface area contributed by atoms with Crippen LogP contribution in [0.15, 0.2) is 48.5 Å². The van der Waals surface area contributed by atoms with Crippen LogP contribution in [0.1, 0.15) is 25.8 Å². The number of para-hydroxylation sites is 2. The van der Waals surface area contributed by atoms with Crippen LogP contribution in [0.4, 0.5) is 30.2 Å². The zero-order chi connectivity index (χ0) is 22.1. The maximum absolute atomic E-state index is 13.9. The molecule has 0 aliphatic carbocycles. The molecule has 1 atom stereocenters. The summed E-state index contributed by atoms with van der Waals surface area (Å²) >= 11 is 0. The molecule has 30 heavy (non-hydrogen) atoms. The van der Waals surface area contributed by atoms with Gasteiger partial charge in [-0.15, -0.1) is 0 Å². The number of halogens is 3. The summed E-state index contributed by atoms with van der Waals surface area (Å²) in [5.41, 5.74) is 2.01. The maximum atomic E-state index is 13.9. The van der Waals surface area contributed by atoms with Gasteiger partial charge in [0.15, 0.2) is 0 Å². The molecule has 1 N–H and O–H groups in total. The summed E-state index contributed by atoms with van der Waals surface area (Å²) < 4.78 is 41.6. The van der Waals surface area contributed by atoms with Crippen molar-refractivity contribution in [2.24, 2.45) is 0 Å². The van der Waals surface area contributed by atoms with E-state index < -0.39 is 30.5 Å². The zero-order valence-corrected chi connectivity index (χ0v) is 17.0. The molecule has 160 valence electrons. The zero-order valence-electron chi connectivity index (χ0n) is 17.0. The van der Waals surface area contributed by atoms with Crippen LogP contribution in [-0.4, -0.2) is 36.6 Å². The number of alkyl halides is 3. The highest BCUT2D eigenvalue weighted by molar-refractivity contribution is 6.05. The fourth-order valence-corrected chi connectivity index (χ4v) is 3.53. The average Bonchev–Trinajstić information content (AvgIpc) is 2.82. The molecule has 0 spiro atoms. The number of hydrogen-bond acceptors (Lipinski definition) is 3. The maximum Gasteiger partial charge on any atom is 0.409 e. The Bertz CT molecular complexity index is 926. The second-order valence-electron chi connectivity index (χ2n) is 7.65. The summed E-state index contributed by atoms with van der Waals surface area (Å²) in [4.78, 5) is 27.8. The largest absolute Gasteiger partial charge is 0.409 e. The van der Waals surface area contributed by atoms with Crippen LogP contribution in [0, 0.1) is 6.92 Å². The van der Waals surface area contributed by atoms with Crippen molar-refractivity contribution in [3.63, 3.8) is 0 Å². The lowest BCUT2D eigenvalue weighted by atomic mass is 10.1. The number of carbonyl (C=O) groups excluding carboxylic acids is 2. The van der Waals surface area contributed by atoms with E-state index in [2.05, 4.69) is 5.32 Å². The summed E-state index contributed by atoms with van der Waals surface area (Å²) in [5.74, 6) is -1.50. The fraction of sp³-hybridized carbons (Fsp3) is 0.364. The number of anilines is 3. The van der Waals surface area contributed by atoms with Crippen molar-refractivity contribution >= 4 is 28.9 Å². The minimum atomic E-state index is -4.75. The van der Waals surface area contributed by atoms with Gasteiger partial charge in [-0.2, -0.15) is 13.2 Å². The second-order valence-corrected chi connectivity index (χ2v) is 7.65. The molecule has 0 fully saturated rings. The van der Waals surface area contributed by atoms with Gasteiger partial charge in [-0.05, 0) is 45.0 Å². The summed E-state index contributed by atoms with van der Waals surface area (Å²) in [6.07, 6.45) is -5.60. The van der Waals surface area contributed by atoms with Crippen LogP contribution in [0.3, 0.4) is 0 Å². The first kappa shape index (κ1) is 21.7. The van der Waals surface area contributed by atoms with Gasteiger partial charge in [-0.25, -0.2) is 0 Å². The van der Waals surface area contributed by atoms with E-state index in [1.807, 2.05) is 45.0 Å². The number of benzene rings is 2. The van der Waals surface area contributed by atoms with E-state index in [1.54, 1.807) is 17.0 Å². The third-order valence-corrected chi connectivity index (χ3v) is 5.07. The molecule has 5 nitrogen and oxygen atoms in total. The lowest BCUT2D eigenvalue weighted by molar-refractivity contribution is -0.157. The number of hydrogen-bond donors (Lipinski definition) is 1. The number of amides is 2. The molecule has 3 rings (SSSR count). The highest BCUT2D eigenvalue weighted by Crippen LogP contribution is 2.38. The monoisotopic (exact) mass is 419 g/mol. The third-order valence-electron chi connectivity index (χ3n) is 5.07. The normalized spacial score (nSPS) is 16.7. The molecule has 1 heterocycles. The van der Waals surface area contributed by atoms with Crippen molar-refractivity contribution in [1.82, 2.24) is 0 Å². The lowest BCUT2D eigenvalue weighted by Crippen LogP contribution is -2.53. The minimum Gasteiger partial charge on any atom is -0.360 e. The van der Waals surface area contributed by atoms with Gasteiger partial charge in [0.25, 0.3) is 0 Å². The smallest absolute Gasteiger partial charge is 0.360 e. The van der Waals surface area contributed by atoms with Gasteiger partial charge < -0.3 is 10.2 Å². The average molecular weight is 419 g/mol. The summed E-state index contributed by atoms with van der Waals surface area (Å²) in [7, 11) is 0. The van der Waals surface area contributed by atoms with Gasteiger partial charge in [0.2, 0.25) is 11.8 Å². The number of nitrogens with zero attached hydrogens (tertiary/aromatic N) is 2. The lowest BCUT2D eigenvalue weighted by Gasteiger charge is -2.35. The van der Waals surface area contributed by atoms with E-state index in [4.69, 9.17) is 0 Å². The van der Waals surface area contributed by atoms with Crippen LogP contribution in [0.5, 0.6) is 0 Å². The first-order valence-corrected chi connectivity index (χ1v) is 9.69. The molecule has 0 radical (unpaired) electrons. The highest BCUT2D eigenvalue weighted by atomic mass is 19.4. The Morgan fingerprint density at radius 3 is 2.40 bits per heavy atom. The van der Waals surface area contributed by atoms with Gasteiger partial charge in [0.1, 0.15) is 6.04 Å². The Morgan fingerprint density at radius 1 is 1.17 bits per heavy atom. The molecule has 8 heteroatoms. The number of rotatable bonds is 4. The molecule has 0 saturated heterocycles. The van der Waals surface area contributed by atoms with E-state index in [1.165, 1.54) is 12.1 Å². The first-order valence-electron chi connectivity index (χ1n) is 9.69. The van der Waals surface area contributed by atoms with E-state index in [-0.39, 0.29) is 24.0 Å². The predicted octanol–water partition coefficient (Wildman–Crippen LogP) is 4.52. The molecule has 0 bridgehead atoms. The molecule has 0 aromatic heterocycles. The summed E-state index contributed by atoms with van der Waals surface area (Å²) in [6, 6.07) is 11.2. The number of fused-ring (bicyclic) bond motifs is 1. The van der Waals surface area contributed by atoms with Gasteiger partial charge in [0.05, 0.1) is 24.3 Å². The molecule has 2 aromatic rings. The molecule has 1 aliphatic heterocycles. The van der Waals surface area contributed by atoms with Crippen molar-refractivity contribution in [2.75, 3.05) is 21.7 Å². The van der Waals surface area contributed by atoms with E-state index in [0.717, 1.165) is 16.2 Å². The topological polar surface area (TPSA) is 52.7 Å². The van der Waals surface area contributed by atoms with Crippen molar-refractivity contribution < 1.29 is 22.8 Å².